The van der Waals surface area contributed by atoms with Crippen LogP contribution in [0.1, 0.15) is 0 Å². The molecule has 0 radical (unpaired) electrons. The maximum absolute atomic E-state index is 12.9. The second-order valence-corrected chi connectivity index (χ2v) is 2.84. The fourth-order valence-corrected chi connectivity index (χ4v) is 1.16. The van der Waals surface area contributed by atoms with Crippen molar-refractivity contribution in [1.29, 1.82) is 0 Å². The molecule has 1 aromatic carbocycles. The van der Waals surface area contributed by atoms with Crippen molar-refractivity contribution < 1.29 is 4.39 Å². The van der Waals surface area contributed by atoms with Crippen molar-refractivity contribution in [2.45, 2.75) is 0 Å². The molecule has 0 saturated carbocycles. The molecule has 1 aromatic heterocycles. The van der Waals surface area contributed by atoms with Crippen LogP contribution in [-0.2, 0) is 0 Å². The molecule has 0 atom stereocenters. The van der Waals surface area contributed by atoms with Crippen LogP contribution in [0.15, 0.2) is 36.7 Å². The maximum Gasteiger partial charge on any atom is 0.219 e. The summed E-state index contributed by atoms with van der Waals surface area (Å²) >= 11 is 0. The molecule has 0 saturated heterocycles. The molecule has 0 aliphatic rings. The van der Waals surface area contributed by atoms with E-state index in [0.717, 1.165) is 11.1 Å². The topological polar surface area (TPSA) is 51.8 Å². The minimum absolute atomic E-state index is 0.213. The smallest absolute Gasteiger partial charge is 0.219 e. The Morgan fingerprint density at radius 3 is 2.43 bits per heavy atom. The zero-order valence-electron chi connectivity index (χ0n) is 7.31. The molecule has 4 heteroatoms. The first kappa shape index (κ1) is 8.62. The number of benzene rings is 1. The average Bonchev–Trinajstić information content (AvgIpc) is 2.19. The summed E-state index contributed by atoms with van der Waals surface area (Å²) < 4.78 is 12.9. The van der Waals surface area contributed by atoms with Gasteiger partial charge in [0.1, 0.15) is 5.82 Å². The Bertz CT molecular complexity index is 439. The summed E-state index contributed by atoms with van der Waals surface area (Å²) in [5.74, 6) is -0.0653. The third-order valence-electron chi connectivity index (χ3n) is 1.83. The van der Waals surface area contributed by atoms with Crippen LogP contribution in [0.4, 0.5) is 10.3 Å². The zero-order chi connectivity index (χ0) is 9.97. The Hall–Kier alpha value is -1.97. The van der Waals surface area contributed by atoms with Gasteiger partial charge in [0.15, 0.2) is 0 Å². The fourth-order valence-electron chi connectivity index (χ4n) is 1.16. The molecule has 0 amide bonds. The summed E-state index contributed by atoms with van der Waals surface area (Å²) in [6, 6.07) is 6.25. The highest BCUT2D eigenvalue weighted by molar-refractivity contribution is 5.61. The van der Waals surface area contributed by atoms with Crippen LogP contribution < -0.4 is 5.73 Å². The molecule has 0 unspecified atom stereocenters. The number of hydrogen-bond acceptors (Lipinski definition) is 3. The van der Waals surface area contributed by atoms with E-state index < -0.39 is 0 Å². The monoisotopic (exact) mass is 189 g/mol. The largest absolute Gasteiger partial charge is 0.368 e. The highest BCUT2D eigenvalue weighted by Crippen LogP contribution is 2.18. The van der Waals surface area contributed by atoms with Crippen LogP contribution in [0.3, 0.4) is 0 Å². The molecule has 0 aliphatic heterocycles. The number of nitrogens with two attached hydrogens (primary N) is 1. The van der Waals surface area contributed by atoms with Crippen LogP contribution in [-0.4, -0.2) is 9.97 Å². The first-order valence-electron chi connectivity index (χ1n) is 4.09. The van der Waals surface area contributed by atoms with Crippen molar-refractivity contribution in [3.8, 4) is 11.1 Å². The lowest BCUT2D eigenvalue weighted by molar-refractivity contribution is 0.628. The molecular weight excluding hydrogens is 181 g/mol. The quantitative estimate of drug-likeness (QED) is 0.744. The highest BCUT2D eigenvalue weighted by Gasteiger charge is 1.99. The molecule has 0 bridgehead atoms. The minimum atomic E-state index is -0.278. The molecular formula is C10H8FN3. The molecule has 0 fully saturated rings. The maximum atomic E-state index is 12.9. The van der Waals surface area contributed by atoms with Gasteiger partial charge in [-0.25, -0.2) is 14.4 Å². The molecule has 70 valence electrons. The van der Waals surface area contributed by atoms with E-state index in [1.54, 1.807) is 24.5 Å². The Morgan fingerprint density at radius 1 is 1.07 bits per heavy atom. The molecule has 0 spiro atoms. The number of aromatic nitrogens is 2. The SMILES string of the molecule is Nc1ncc(-c2cccc(F)c2)cn1. The summed E-state index contributed by atoms with van der Waals surface area (Å²) in [6.07, 6.45) is 3.13. The molecule has 1 heterocycles. The summed E-state index contributed by atoms with van der Waals surface area (Å²) in [4.78, 5) is 7.66. The van der Waals surface area contributed by atoms with Crippen molar-refractivity contribution in [1.82, 2.24) is 9.97 Å². The van der Waals surface area contributed by atoms with Gasteiger partial charge in [-0.3, -0.25) is 0 Å². The first-order chi connectivity index (χ1) is 6.75. The Labute approximate surface area is 80.4 Å². The van der Waals surface area contributed by atoms with Gasteiger partial charge in [-0.1, -0.05) is 12.1 Å². The van der Waals surface area contributed by atoms with Gasteiger partial charge in [0.2, 0.25) is 5.95 Å². The zero-order valence-corrected chi connectivity index (χ0v) is 7.31. The summed E-state index contributed by atoms with van der Waals surface area (Å²) in [6.45, 7) is 0. The van der Waals surface area contributed by atoms with Gasteiger partial charge in [0.25, 0.3) is 0 Å². The standard InChI is InChI=1S/C10H8FN3/c11-9-3-1-2-7(4-9)8-5-13-10(12)14-6-8/h1-6H,(H2,12,13,14). The van der Waals surface area contributed by atoms with Gasteiger partial charge in [-0.15, -0.1) is 0 Å². The van der Waals surface area contributed by atoms with Gasteiger partial charge in [-0.05, 0) is 17.7 Å². The number of nitrogen functional groups attached to an aromatic ring is 1. The second-order valence-electron chi connectivity index (χ2n) is 2.84. The molecule has 2 rings (SSSR count). The van der Waals surface area contributed by atoms with E-state index in [9.17, 15) is 4.39 Å². The van der Waals surface area contributed by atoms with Crippen molar-refractivity contribution in [3.05, 3.63) is 42.5 Å². The van der Waals surface area contributed by atoms with Crippen molar-refractivity contribution in [2.24, 2.45) is 0 Å². The second kappa shape index (κ2) is 3.41. The van der Waals surface area contributed by atoms with Crippen LogP contribution >= 0.6 is 0 Å². The first-order valence-corrected chi connectivity index (χ1v) is 4.09. The van der Waals surface area contributed by atoms with Crippen LogP contribution in [0.5, 0.6) is 0 Å². The minimum Gasteiger partial charge on any atom is -0.368 e. The van der Waals surface area contributed by atoms with Crippen LogP contribution in [0.25, 0.3) is 11.1 Å². The van der Waals surface area contributed by atoms with E-state index in [4.69, 9.17) is 5.73 Å². The van der Waals surface area contributed by atoms with E-state index in [1.165, 1.54) is 12.1 Å². The van der Waals surface area contributed by atoms with Gasteiger partial charge < -0.3 is 5.73 Å². The summed E-state index contributed by atoms with van der Waals surface area (Å²) in [7, 11) is 0. The molecule has 14 heavy (non-hydrogen) atoms. The number of halogens is 1. The highest BCUT2D eigenvalue weighted by atomic mass is 19.1. The van der Waals surface area contributed by atoms with E-state index in [-0.39, 0.29) is 11.8 Å². The van der Waals surface area contributed by atoms with E-state index in [1.807, 2.05) is 0 Å². The summed E-state index contributed by atoms with van der Waals surface area (Å²) in [5, 5.41) is 0. The normalized spacial score (nSPS) is 10.1. The van der Waals surface area contributed by atoms with Crippen LogP contribution in [0, 0.1) is 5.82 Å². The van der Waals surface area contributed by atoms with Crippen molar-refractivity contribution in [3.63, 3.8) is 0 Å². The third kappa shape index (κ3) is 1.69. The lowest BCUT2D eigenvalue weighted by Crippen LogP contribution is -1.93. The molecule has 2 N–H and O–H groups in total. The van der Waals surface area contributed by atoms with E-state index >= 15 is 0 Å². The summed E-state index contributed by atoms with van der Waals surface area (Å²) in [5.41, 5.74) is 6.83. The van der Waals surface area contributed by atoms with Gasteiger partial charge in [-0.2, -0.15) is 0 Å². The predicted molar refractivity (Wildman–Crippen MR) is 51.8 cm³/mol. The third-order valence-corrected chi connectivity index (χ3v) is 1.83. The molecule has 2 aromatic rings. The number of nitrogens with zero attached hydrogens (tertiary/aromatic N) is 2. The van der Waals surface area contributed by atoms with Gasteiger partial charge in [0.05, 0.1) is 0 Å². The fraction of sp³-hybridized carbons (Fsp3) is 0. The Balaban J connectivity index is 2.44. The number of anilines is 1. The molecule has 0 aliphatic carbocycles. The van der Waals surface area contributed by atoms with E-state index in [2.05, 4.69) is 9.97 Å². The van der Waals surface area contributed by atoms with Gasteiger partial charge in [0, 0.05) is 18.0 Å². The Morgan fingerprint density at radius 2 is 1.79 bits per heavy atom. The number of rotatable bonds is 1. The molecule has 3 nitrogen and oxygen atoms in total. The average molecular weight is 189 g/mol. The Kier molecular flexibility index (Phi) is 2.10. The van der Waals surface area contributed by atoms with Crippen LogP contribution in [0.2, 0.25) is 0 Å². The van der Waals surface area contributed by atoms with Crippen molar-refractivity contribution in [2.75, 3.05) is 5.73 Å². The van der Waals surface area contributed by atoms with Gasteiger partial charge >= 0.3 is 0 Å². The van der Waals surface area contributed by atoms with Crippen molar-refractivity contribution >= 4 is 5.95 Å². The lowest BCUT2D eigenvalue weighted by Gasteiger charge is -2.00. The number of hydrogen-bond donors (Lipinski definition) is 1. The predicted octanol–water partition coefficient (Wildman–Crippen LogP) is 1.86. The van der Waals surface area contributed by atoms with E-state index in [0.29, 0.717) is 0 Å². The lowest BCUT2D eigenvalue weighted by atomic mass is 10.1.